The summed E-state index contributed by atoms with van der Waals surface area (Å²) in [6, 6.07) is 22.1. The smallest absolute Gasteiger partial charge is 0.257 e. The molecule has 0 unspecified atom stereocenters. The number of aromatic nitrogens is 5. The van der Waals surface area contributed by atoms with Gasteiger partial charge < -0.3 is 25.5 Å². The summed E-state index contributed by atoms with van der Waals surface area (Å²) < 4.78 is 15.3. The van der Waals surface area contributed by atoms with Gasteiger partial charge in [-0.3, -0.25) is 39.3 Å². The van der Waals surface area contributed by atoms with E-state index in [4.69, 9.17) is 25.9 Å². The lowest BCUT2D eigenvalue weighted by Crippen LogP contribution is -2.37. The molecule has 0 aliphatic carbocycles. The third-order valence-corrected chi connectivity index (χ3v) is 9.21. The Morgan fingerprint density at radius 1 is 0.732 bits per heavy atom. The van der Waals surface area contributed by atoms with Crippen LogP contribution in [0, 0.1) is 0 Å². The van der Waals surface area contributed by atoms with E-state index in [0.717, 1.165) is 26.1 Å². The molecule has 16 nitrogen and oxygen atoms in total. The Balaban J connectivity index is 1.20. The van der Waals surface area contributed by atoms with Crippen molar-refractivity contribution in [2.24, 2.45) is 11.5 Å². The lowest BCUT2D eigenvalue weighted by Gasteiger charge is -2.26. The molecule has 286 valence electrons. The average Bonchev–Trinajstić information content (AvgIpc) is 3.74. The maximum Gasteiger partial charge on any atom is 0.257 e. The van der Waals surface area contributed by atoms with Crippen molar-refractivity contribution >= 4 is 57.7 Å². The number of ether oxygens (including phenoxy) is 2. The number of fused-ring (bicyclic) bond motifs is 2. The van der Waals surface area contributed by atoms with E-state index in [0.29, 0.717) is 58.9 Å². The summed E-state index contributed by atoms with van der Waals surface area (Å²) in [6.45, 7) is 4.68. The highest BCUT2D eigenvalue weighted by Gasteiger charge is 2.21. The van der Waals surface area contributed by atoms with Crippen LogP contribution in [0.2, 0.25) is 0 Å². The van der Waals surface area contributed by atoms with Gasteiger partial charge in [0.2, 0.25) is 23.7 Å². The fraction of sp³-hybridized carbons (Fsp3) is 0.225. The van der Waals surface area contributed by atoms with Crippen LogP contribution in [0.25, 0.3) is 22.2 Å². The topological polar surface area (TPSA) is 215 Å². The molecule has 3 aromatic carbocycles. The number of carbonyl (C=O) groups is 4. The van der Waals surface area contributed by atoms with Gasteiger partial charge in [-0.1, -0.05) is 48.6 Å². The van der Waals surface area contributed by atoms with Crippen molar-refractivity contribution in [3.63, 3.8) is 0 Å². The summed E-state index contributed by atoms with van der Waals surface area (Å²) in [5, 5.41) is 5.77. The number of anilines is 2. The Kier molecular flexibility index (Phi) is 11.4. The lowest BCUT2D eigenvalue weighted by atomic mass is 10.1. The normalized spacial score (nSPS) is 13.3. The molecule has 1 saturated heterocycles. The third-order valence-electron chi connectivity index (χ3n) is 9.21. The largest absolute Gasteiger partial charge is 0.491 e. The van der Waals surface area contributed by atoms with E-state index in [1.54, 1.807) is 69.8 Å². The van der Waals surface area contributed by atoms with Crippen LogP contribution in [-0.4, -0.2) is 92.1 Å². The van der Waals surface area contributed by atoms with Crippen LogP contribution in [0.5, 0.6) is 5.75 Å². The number of rotatable bonds is 15. The van der Waals surface area contributed by atoms with Gasteiger partial charge in [0.1, 0.15) is 16.8 Å². The number of nitrogens with one attached hydrogen (secondary N) is 2. The van der Waals surface area contributed by atoms with E-state index < -0.39 is 11.8 Å². The molecule has 4 amide bonds. The standard InChI is InChI=1S/C40H40N10O6/c41-34(51)28-22-30-33(32(24-28)56-19-9-14-48-17-20-55-21-18-48)49(39(44-30)46-37(53)26-10-3-1-4-11-26)15-7-8-16-50-36-31(23-29(25-43-36)35(42)52)45-40(50)47-38(54)27-12-5-2-6-13-27/h1-8,10-13,22-25H,9,14-21H2,(H2,41,51)(H2,42,52)(H,44,46,53)(H,45,47,54). The lowest BCUT2D eigenvalue weighted by molar-refractivity contribution is 0.0358. The number of allylic oxidation sites excluding steroid dienone is 2. The van der Waals surface area contributed by atoms with Crippen molar-refractivity contribution in [3.8, 4) is 5.75 Å². The van der Waals surface area contributed by atoms with Crippen molar-refractivity contribution < 1.29 is 28.7 Å². The molecular weight excluding hydrogens is 717 g/mol. The molecule has 0 atom stereocenters. The molecular formula is C40H40N10O6. The number of hydrogen-bond acceptors (Lipinski definition) is 10. The SMILES string of the molecule is NC(=O)c1cnc2c(c1)nc(NC(=O)c1ccccc1)n2CC=CCn1c(NC(=O)c2ccccc2)nc2cc(C(N)=O)cc(OCCCN3CCOCC3)c21. The van der Waals surface area contributed by atoms with E-state index in [1.165, 1.54) is 12.3 Å². The van der Waals surface area contributed by atoms with Gasteiger partial charge in [-0.05, 0) is 48.9 Å². The summed E-state index contributed by atoms with van der Waals surface area (Å²) in [7, 11) is 0. The second-order valence-electron chi connectivity index (χ2n) is 13.0. The maximum atomic E-state index is 13.4. The molecule has 6 aromatic rings. The first kappa shape index (κ1) is 37.4. The zero-order valence-corrected chi connectivity index (χ0v) is 30.4. The number of imidazole rings is 2. The molecule has 1 aliphatic rings. The van der Waals surface area contributed by atoms with Crippen molar-refractivity contribution in [3.05, 3.63) is 119 Å². The highest BCUT2D eigenvalue weighted by Crippen LogP contribution is 2.31. The molecule has 16 heteroatoms. The first-order valence-corrected chi connectivity index (χ1v) is 18.1. The Bertz CT molecular complexity index is 2420. The van der Waals surface area contributed by atoms with Crippen LogP contribution in [0.3, 0.4) is 0 Å². The second-order valence-corrected chi connectivity index (χ2v) is 13.0. The fourth-order valence-electron chi connectivity index (χ4n) is 6.35. The Morgan fingerprint density at radius 3 is 1.93 bits per heavy atom. The van der Waals surface area contributed by atoms with Crippen LogP contribution in [0.4, 0.5) is 11.9 Å². The Hall–Kier alpha value is -6.91. The first-order valence-electron chi connectivity index (χ1n) is 18.1. The molecule has 4 heterocycles. The maximum absolute atomic E-state index is 13.4. The minimum absolute atomic E-state index is 0.175. The number of benzene rings is 3. The van der Waals surface area contributed by atoms with Crippen LogP contribution in [0.1, 0.15) is 47.9 Å². The van der Waals surface area contributed by atoms with Gasteiger partial charge in [-0.15, -0.1) is 0 Å². The molecule has 0 bridgehead atoms. The highest BCUT2D eigenvalue weighted by molar-refractivity contribution is 6.05. The van der Waals surface area contributed by atoms with Gasteiger partial charge in [-0.2, -0.15) is 0 Å². The average molecular weight is 757 g/mol. The van der Waals surface area contributed by atoms with E-state index >= 15 is 0 Å². The summed E-state index contributed by atoms with van der Waals surface area (Å²) in [4.78, 5) is 66.9. The molecule has 1 aliphatic heterocycles. The number of morpholine rings is 1. The van der Waals surface area contributed by atoms with Gasteiger partial charge in [0, 0.05) is 55.6 Å². The molecule has 7 rings (SSSR count). The molecule has 3 aromatic heterocycles. The van der Waals surface area contributed by atoms with Crippen LogP contribution in [0.15, 0.2) is 97.2 Å². The highest BCUT2D eigenvalue weighted by atomic mass is 16.5. The zero-order chi connectivity index (χ0) is 39.0. The van der Waals surface area contributed by atoms with Gasteiger partial charge in [0.25, 0.3) is 11.8 Å². The molecule has 0 saturated carbocycles. The van der Waals surface area contributed by atoms with Gasteiger partial charge in [0.05, 0.1) is 30.9 Å². The third kappa shape index (κ3) is 8.56. The Labute approximate surface area is 321 Å². The van der Waals surface area contributed by atoms with Crippen molar-refractivity contribution in [2.45, 2.75) is 19.5 Å². The number of carbonyl (C=O) groups excluding carboxylic acids is 4. The summed E-state index contributed by atoms with van der Waals surface area (Å²) >= 11 is 0. The van der Waals surface area contributed by atoms with Gasteiger partial charge in [-0.25, -0.2) is 15.0 Å². The fourth-order valence-corrected chi connectivity index (χ4v) is 6.35. The summed E-state index contributed by atoms with van der Waals surface area (Å²) in [5.74, 6) is -1.23. The Morgan fingerprint density at radius 2 is 1.30 bits per heavy atom. The number of pyridine rings is 1. The minimum atomic E-state index is -0.658. The summed E-state index contributed by atoms with van der Waals surface area (Å²) in [6.07, 6.45) is 5.79. The minimum Gasteiger partial charge on any atom is -0.491 e. The molecule has 6 N–H and O–H groups in total. The van der Waals surface area contributed by atoms with Gasteiger partial charge in [0.15, 0.2) is 5.65 Å². The molecule has 56 heavy (non-hydrogen) atoms. The van der Waals surface area contributed by atoms with Gasteiger partial charge >= 0.3 is 0 Å². The first-order chi connectivity index (χ1) is 27.2. The second kappa shape index (κ2) is 17.0. The van der Waals surface area contributed by atoms with Crippen molar-refractivity contribution in [2.75, 3.05) is 50.1 Å². The number of nitrogens with zero attached hydrogens (tertiary/aromatic N) is 6. The predicted molar refractivity (Wildman–Crippen MR) is 210 cm³/mol. The number of nitrogens with two attached hydrogens (primary N) is 2. The molecule has 1 fully saturated rings. The number of primary amides is 2. The van der Waals surface area contributed by atoms with E-state index in [-0.39, 0.29) is 47.9 Å². The van der Waals surface area contributed by atoms with Crippen LogP contribution in [-0.2, 0) is 17.8 Å². The van der Waals surface area contributed by atoms with Crippen LogP contribution >= 0.6 is 0 Å². The van der Waals surface area contributed by atoms with Crippen molar-refractivity contribution in [1.82, 2.24) is 29.0 Å². The predicted octanol–water partition coefficient (Wildman–Crippen LogP) is 3.84. The van der Waals surface area contributed by atoms with E-state index in [1.807, 2.05) is 24.3 Å². The van der Waals surface area contributed by atoms with E-state index in [9.17, 15) is 19.2 Å². The van der Waals surface area contributed by atoms with E-state index in [2.05, 4.69) is 25.5 Å². The van der Waals surface area contributed by atoms with Crippen molar-refractivity contribution in [1.29, 1.82) is 0 Å². The monoisotopic (exact) mass is 756 g/mol. The number of amides is 4. The quantitative estimate of drug-likeness (QED) is 0.0878. The summed E-state index contributed by atoms with van der Waals surface area (Å²) in [5.41, 5.74) is 14.2. The molecule has 0 spiro atoms. The molecule has 0 radical (unpaired) electrons. The number of hydrogen-bond donors (Lipinski definition) is 4. The zero-order valence-electron chi connectivity index (χ0n) is 30.4. The van der Waals surface area contributed by atoms with Crippen LogP contribution < -0.4 is 26.8 Å².